The van der Waals surface area contributed by atoms with Crippen LogP contribution in [0.3, 0.4) is 0 Å². The molecule has 2 unspecified atom stereocenters. The minimum atomic E-state index is -0.803. The second-order valence-electron chi connectivity index (χ2n) is 8.04. The normalized spacial score (nSPS) is 17.3. The van der Waals surface area contributed by atoms with Gasteiger partial charge in [-0.15, -0.1) is 0 Å². The fourth-order valence-corrected chi connectivity index (χ4v) is 3.63. The molecule has 13 heteroatoms. The van der Waals surface area contributed by atoms with Crippen LogP contribution in [0, 0.1) is 11.6 Å². The van der Waals surface area contributed by atoms with Crippen LogP contribution >= 0.6 is 0 Å². The van der Waals surface area contributed by atoms with Crippen molar-refractivity contribution in [1.82, 2.24) is 20.6 Å². The van der Waals surface area contributed by atoms with Gasteiger partial charge in [0.25, 0.3) is 17.4 Å². The van der Waals surface area contributed by atoms with Crippen LogP contribution < -0.4 is 25.7 Å². The SMILES string of the molecule is CNC(=O)C1COC(COc2c(F)ccc3nc(C(=O)NCc4ccc(F)c(OC)c4)[nH]c(=O)c23)CO1. The smallest absolute Gasteiger partial charge is 0.287 e. The maximum Gasteiger partial charge on any atom is 0.287 e. The first-order chi connectivity index (χ1) is 17.8. The van der Waals surface area contributed by atoms with E-state index in [2.05, 4.69) is 20.6 Å². The van der Waals surface area contributed by atoms with Gasteiger partial charge in [0, 0.05) is 13.6 Å². The van der Waals surface area contributed by atoms with Crippen LogP contribution in [0.25, 0.3) is 10.9 Å². The van der Waals surface area contributed by atoms with Gasteiger partial charge in [-0.3, -0.25) is 14.4 Å². The first-order valence-electron chi connectivity index (χ1n) is 11.2. The van der Waals surface area contributed by atoms with Gasteiger partial charge in [-0.2, -0.15) is 0 Å². The van der Waals surface area contributed by atoms with Gasteiger partial charge in [0.05, 0.1) is 25.8 Å². The summed E-state index contributed by atoms with van der Waals surface area (Å²) in [7, 11) is 2.80. The van der Waals surface area contributed by atoms with Gasteiger partial charge in [0.15, 0.2) is 35.1 Å². The van der Waals surface area contributed by atoms with E-state index in [4.69, 9.17) is 18.9 Å². The van der Waals surface area contributed by atoms with E-state index in [1.54, 1.807) is 0 Å². The number of fused-ring (bicyclic) bond motifs is 1. The van der Waals surface area contributed by atoms with Crippen molar-refractivity contribution in [2.24, 2.45) is 0 Å². The molecule has 2 amide bonds. The summed E-state index contributed by atoms with van der Waals surface area (Å²) in [6, 6.07) is 6.43. The number of nitrogens with one attached hydrogen (secondary N) is 3. The molecule has 0 radical (unpaired) electrons. The number of carbonyl (C=O) groups is 2. The van der Waals surface area contributed by atoms with Crippen LogP contribution in [-0.4, -0.2) is 68.0 Å². The van der Waals surface area contributed by atoms with E-state index in [0.717, 1.165) is 6.07 Å². The van der Waals surface area contributed by atoms with Gasteiger partial charge in [0.1, 0.15) is 18.1 Å². The Hall–Kier alpha value is -4.10. The Bertz CT molecular complexity index is 1370. The summed E-state index contributed by atoms with van der Waals surface area (Å²) in [5.74, 6) is -3.00. The predicted octanol–water partition coefficient (Wildman–Crippen LogP) is 1.05. The second-order valence-corrected chi connectivity index (χ2v) is 8.04. The van der Waals surface area contributed by atoms with Crippen molar-refractivity contribution in [3.05, 3.63) is 63.7 Å². The minimum Gasteiger partial charge on any atom is -0.494 e. The van der Waals surface area contributed by atoms with Gasteiger partial charge >= 0.3 is 0 Å². The number of hydrogen-bond donors (Lipinski definition) is 3. The zero-order chi connectivity index (χ0) is 26.5. The van der Waals surface area contributed by atoms with Gasteiger partial charge in [-0.25, -0.2) is 13.8 Å². The molecule has 37 heavy (non-hydrogen) atoms. The Labute approximate surface area is 209 Å². The molecule has 196 valence electrons. The first kappa shape index (κ1) is 26.0. The number of benzene rings is 2. The molecule has 4 rings (SSSR count). The number of rotatable bonds is 8. The fraction of sp³-hybridized carbons (Fsp3) is 0.333. The number of amides is 2. The fourth-order valence-electron chi connectivity index (χ4n) is 3.63. The van der Waals surface area contributed by atoms with Crippen molar-refractivity contribution in [3.63, 3.8) is 0 Å². The monoisotopic (exact) mass is 518 g/mol. The summed E-state index contributed by atoms with van der Waals surface area (Å²) in [6.45, 7) is -0.112. The maximum absolute atomic E-state index is 14.6. The summed E-state index contributed by atoms with van der Waals surface area (Å²) in [5, 5.41) is 4.85. The lowest BCUT2D eigenvalue weighted by Gasteiger charge is -2.28. The van der Waals surface area contributed by atoms with Crippen LogP contribution in [0.5, 0.6) is 11.5 Å². The molecule has 0 spiro atoms. The molecule has 1 aliphatic rings. The van der Waals surface area contributed by atoms with Crippen LogP contribution in [0.4, 0.5) is 8.78 Å². The molecule has 1 aliphatic heterocycles. The van der Waals surface area contributed by atoms with E-state index in [0.29, 0.717) is 5.56 Å². The topological polar surface area (TPSA) is 141 Å². The van der Waals surface area contributed by atoms with Crippen molar-refractivity contribution in [2.75, 3.05) is 34.0 Å². The summed E-state index contributed by atoms with van der Waals surface area (Å²) >= 11 is 0. The van der Waals surface area contributed by atoms with E-state index < -0.39 is 35.3 Å². The number of hydrogen-bond acceptors (Lipinski definition) is 8. The molecule has 3 N–H and O–H groups in total. The average molecular weight is 518 g/mol. The summed E-state index contributed by atoms with van der Waals surface area (Å²) in [4.78, 5) is 43.5. The molecule has 3 aromatic rings. The molecule has 2 heterocycles. The Morgan fingerprint density at radius 3 is 2.65 bits per heavy atom. The van der Waals surface area contributed by atoms with Crippen LogP contribution in [0.1, 0.15) is 16.2 Å². The third-order valence-electron chi connectivity index (χ3n) is 5.58. The van der Waals surface area contributed by atoms with Crippen LogP contribution in [0.2, 0.25) is 0 Å². The van der Waals surface area contributed by atoms with Crippen LogP contribution in [0.15, 0.2) is 35.1 Å². The molecule has 2 atom stereocenters. The first-order valence-corrected chi connectivity index (χ1v) is 11.2. The number of H-pyrrole nitrogens is 1. The summed E-state index contributed by atoms with van der Waals surface area (Å²) < 4.78 is 49.6. The average Bonchev–Trinajstić information content (AvgIpc) is 2.91. The van der Waals surface area contributed by atoms with Gasteiger partial charge in [-0.1, -0.05) is 6.07 Å². The third kappa shape index (κ3) is 5.84. The second kappa shape index (κ2) is 11.3. The maximum atomic E-state index is 14.6. The number of likely N-dealkylation sites (N-methyl/N-ethyl adjacent to an activating group) is 1. The standard InChI is InChI=1S/C24H24F2N4O7/c1-27-22(31)18-11-35-13(9-36-18)10-37-20-15(26)5-6-16-19(20)23(32)30-21(29-16)24(33)28-8-12-3-4-14(25)17(7-12)34-2/h3-7,13,18H,8-11H2,1-2H3,(H,27,31)(H,28,33)(H,29,30,32). The molecule has 0 aliphatic carbocycles. The number of ether oxygens (including phenoxy) is 4. The van der Waals surface area contributed by atoms with Crippen LogP contribution in [-0.2, 0) is 20.8 Å². The molecule has 11 nitrogen and oxygen atoms in total. The number of carbonyl (C=O) groups excluding carboxylic acids is 2. The number of halogens is 2. The van der Waals surface area contributed by atoms with E-state index in [-0.39, 0.29) is 60.5 Å². The summed E-state index contributed by atoms with van der Waals surface area (Å²) in [6.07, 6.45) is -1.35. The van der Waals surface area contributed by atoms with E-state index >= 15 is 0 Å². The van der Waals surface area contributed by atoms with E-state index in [1.165, 1.54) is 38.4 Å². The highest BCUT2D eigenvalue weighted by Gasteiger charge is 2.28. The Kier molecular flexibility index (Phi) is 7.94. The Morgan fingerprint density at radius 2 is 1.95 bits per heavy atom. The molecular weight excluding hydrogens is 494 g/mol. The molecule has 0 saturated carbocycles. The van der Waals surface area contributed by atoms with E-state index in [1.807, 2.05) is 0 Å². The summed E-state index contributed by atoms with van der Waals surface area (Å²) in [5.41, 5.74) is -0.189. The van der Waals surface area contributed by atoms with Gasteiger partial charge in [0.2, 0.25) is 0 Å². The van der Waals surface area contributed by atoms with E-state index in [9.17, 15) is 23.2 Å². The number of aromatic amines is 1. The Balaban J connectivity index is 1.46. The molecule has 0 bridgehead atoms. The molecule has 1 aromatic heterocycles. The highest BCUT2D eigenvalue weighted by molar-refractivity contribution is 5.93. The molecule has 1 fully saturated rings. The van der Waals surface area contributed by atoms with Crippen molar-refractivity contribution >= 4 is 22.7 Å². The highest BCUT2D eigenvalue weighted by Crippen LogP contribution is 2.26. The van der Waals surface area contributed by atoms with Crippen molar-refractivity contribution in [2.45, 2.75) is 18.8 Å². The lowest BCUT2D eigenvalue weighted by molar-refractivity contribution is -0.163. The molecule has 1 saturated heterocycles. The number of methoxy groups -OCH3 is 1. The minimum absolute atomic E-state index is 0.00294. The largest absolute Gasteiger partial charge is 0.494 e. The lowest BCUT2D eigenvalue weighted by atomic mass is 10.2. The lowest BCUT2D eigenvalue weighted by Crippen LogP contribution is -2.46. The van der Waals surface area contributed by atoms with Gasteiger partial charge < -0.3 is 34.6 Å². The zero-order valence-corrected chi connectivity index (χ0v) is 19.9. The van der Waals surface area contributed by atoms with Crippen molar-refractivity contribution in [1.29, 1.82) is 0 Å². The Morgan fingerprint density at radius 1 is 1.16 bits per heavy atom. The quantitative estimate of drug-likeness (QED) is 0.402. The number of aromatic nitrogens is 2. The molecular formula is C24H24F2N4O7. The van der Waals surface area contributed by atoms with Gasteiger partial charge in [-0.05, 0) is 29.8 Å². The molecule has 2 aromatic carbocycles. The highest BCUT2D eigenvalue weighted by atomic mass is 19.1. The zero-order valence-electron chi connectivity index (χ0n) is 19.9. The van der Waals surface area contributed by atoms with Crippen molar-refractivity contribution < 1.29 is 37.3 Å². The number of nitrogens with zero attached hydrogens (tertiary/aromatic N) is 1. The van der Waals surface area contributed by atoms with Crippen molar-refractivity contribution in [3.8, 4) is 11.5 Å². The predicted molar refractivity (Wildman–Crippen MR) is 125 cm³/mol. The third-order valence-corrected chi connectivity index (χ3v) is 5.58.